The fourth-order valence-electron chi connectivity index (χ4n) is 3.27. The highest BCUT2D eigenvalue weighted by Gasteiger charge is 2.30. The number of esters is 1. The first-order chi connectivity index (χ1) is 11.8. The number of ether oxygens (including phenoxy) is 1. The molecule has 0 aromatic carbocycles. The quantitative estimate of drug-likeness (QED) is 0.459. The highest BCUT2D eigenvalue weighted by molar-refractivity contribution is 5.70. The standard InChI is InChI=1S/C17H28N6O2/c1-5-6-15(24)25-13(4)16-20-8-7-14(21-16)22-9-11(2)23(17(18)19)12(3)10-22/h7-8,11-13H,5-6,9-10H2,1-4H3,(H3,18,19)/p+1/t11-,12+,13-/m1/s1. The van der Waals surface area contributed by atoms with Crippen molar-refractivity contribution in [2.75, 3.05) is 18.0 Å². The first kappa shape index (κ1) is 19.0. The van der Waals surface area contributed by atoms with Crippen molar-refractivity contribution in [1.82, 2.24) is 9.97 Å². The van der Waals surface area contributed by atoms with Gasteiger partial charge in [-0.25, -0.2) is 9.97 Å². The van der Waals surface area contributed by atoms with Crippen LogP contribution in [0.25, 0.3) is 0 Å². The highest BCUT2D eigenvalue weighted by Crippen LogP contribution is 2.21. The lowest BCUT2D eigenvalue weighted by atomic mass is 10.1. The minimum Gasteiger partial charge on any atom is -0.454 e. The monoisotopic (exact) mass is 349 g/mol. The lowest BCUT2D eigenvalue weighted by Crippen LogP contribution is -2.57. The van der Waals surface area contributed by atoms with Gasteiger partial charge in [-0.15, -0.1) is 0 Å². The Bertz CT molecular complexity index is 630. The third-order valence-electron chi connectivity index (χ3n) is 4.33. The molecule has 1 aliphatic heterocycles. The number of aromatic nitrogens is 2. The van der Waals surface area contributed by atoms with E-state index in [4.69, 9.17) is 16.2 Å². The van der Waals surface area contributed by atoms with Crippen LogP contribution in [0.1, 0.15) is 52.5 Å². The molecule has 1 aromatic rings. The molecule has 0 unspecified atom stereocenters. The van der Waals surface area contributed by atoms with Gasteiger partial charge in [0.05, 0.1) is 25.2 Å². The molecule has 1 aromatic heterocycles. The van der Waals surface area contributed by atoms with Crippen molar-refractivity contribution < 1.29 is 14.1 Å². The summed E-state index contributed by atoms with van der Waals surface area (Å²) in [7, 11) is 0. The summed E-state index contributed by atoms with van der Waals surface area (Å²) in [5.74, 6) is 1.44. The number of carbonyl (C=O) groups is 1. The van der Waals surface area contributed by atoms with Crippen molar-refractivity contribution >= 4 is 17.7 Å². The van der Waals surface area contributed by atoms with E-state index in [9.17, 15) is 4.79 Å². The van der Waals surface area contributed by atoms with Crippen molar-refractivity contribution in [3.05, 3.63) is 18.1 Å². The van der Waals surface area contributed by atoms with E-state index >= 15 is 0 Å². The summed E-state index contributed by atoms with van der Waals surface area (Å²) in [6, 6.07) is 2.22. The van der Waals surface area contributed by atoms with Gasteiger partial charge in [0, 0.05) is 12.6 Å². The molecule has 1 aliphatic rings. The molecule has 0 saturated carbocycles. The number of rotatable bonds is 5. The summed E-state index contributed by atoms with van der Waals surface area (Å²) < 4.78 is 7.40. The van der Waals surface area contributed by atoms with E-state index in [1.165, 1.54) is 0 Å². The highest BCUT2D eigenvalue weighted by atomic mass is 16.5. The topological polar surface area (TPSA) is 110 Å². The second-order valence-electron chi connectivity index (χ2n) is 6.59. The molecule has 0 amide bonds. The van der Waals surface area contributed by atoms with Crippen molar-refractivity contribution in [2.24, 2.45) is 11.5 Å². The van der Waals surface area contributed by atoms with Crippen molar-refractivity contribution in [3.63, 3.8) is 0 Å². The van der Waals surface area contributed by atoms with E-state index in [1.54, 1.807) is 13.1 Å². The molecule has 8 heteroatoms. The minimum absolute atomic E-state index is 0.173. The van der Waals surface area contributed by atoms with Gasteiger partial charge in [0.1, 0.15) is 5.82 Å². The average Bonchev–Trinajstić information content (AvgIpc) is 2.54. The SMILES string of the molecule is CCCC(=O)O[C@H](C)c1nccc(N2C[C@@H](C)[N+](=C(N)N)[C@@H](C)C2)n1. The maximum absolute atomic E-state index is 11.7. The van der Waals surface area contributed by atoms with Crippen LogP contribution in [-0.2, 0) is 9.53 Å². The molecule has 0 bridgehead atoms. The second-order valence-corrected chi connectivity index (χ2v) is 6.59. The molecule has 0 radical (unpaired) electrons. The Labute approximate surface area is 148 Å². The Morgan fingerprint density at radius 2 is 2.04 bits per heavy atom. The first-order valence-corrected chi connectivity index (χ1v) is 8.77. The van der Waals surface area contributed by atoms with Crippen LogP contribution in [-0.4, -0.2) is 51.6 Å². The lowest BCUT2D eigenvalue weighted by Gasteiger charge is -2.37. The predicted molar refractivity (Wildman–Crippen MR) is 96.2 cm³/mol. The molecular weight excluding hydrogens is 320 g/mol. The van der Waals surface area contributed by atoms with Gasteiger partial charge < -0.3 is 9.64 Å². The van der Waals surface area contributed by atoms with E-state index < -0.39 is 6.10 Å². The van der Waals surface area contributed by atoms with Crippen molar-refractivity contribution in [1.29, 1.82) is 0 Å². The summed E-state index contributed by atoms with van der Waals surface area (Å²) in [6.07, 6.45) is 2.39. The van der Waals surface area contributed by atoms with E-state index in [0.717, 1.165) is 25.3 Å². The molecule has 25 heavy (non-hydrogen) atoms. The van der Waals surface area contributed by atoms with Gasteiger partial charge in [-0.2, -0.15) is 0 Å². The maximum Gasteiger partial charge on any atom is 0.341 e. The molecular formula is C17H29N6O2+. The van der Waals surface area contributed by atoms with E-state index in [-0.39, 0.29) is 18.1 Å². The van der Waals surface area contributed by atoms with Crippen molar-refractivity contribution in [3.8, 4) is 0 Å². The number of nitrogens with zero attached hydrogens (tertiary/aromatic N) is 4. The van der Waals surface area contributed by atoms with Gasteiger partial charge in [0.15, 0.2) is 11.9 Å². The second kappa shape index (κ2) is 8.13. The van der Waals surface area contributed by atoms with Crippen molar-refractivity contribution in [2.45, 2.75) is 58.7 Å². The van der Waals surface area contributed by atoms with Gasteiger partial charge in [-0.3, -0.25) is 20.8 Å². The summed E-state index contributed by atoms with van der Waals surface area (Å²) in [6.45, 7) is 9.40. The largest absolute Gasteiger partial charge is 0.454 e. The third kappa shape index (κ3) is 4.58. The Hall–Kier alpha value is -2.38. The Kier molecular flexibility index (Phi) is 6.17. The molecule has 0 aliphatic carbocycles. The normalized spacial score (nSPS) is 21.8. The van der Waals surface area contributed by atoms with E-state index in [0.29, 0.717) is 18.2 Å². The Morgan fingerprint density at radius 1 is 1.40 bits per heavy atom. The van der Waals surface area contributed by atoms with E-state index in [2.05, 4.69) is 28.7 Å². The fourth-order valence-corrected chi connectivity index (χ4v) is 3.27. The zero-order valence-corrected chi connectivity index (χ0v) is 15.5. The number of carbonyl (C=O) groups excluding carboxylic acids is 1. The van der Waals surface area contributed by atoms with Crippen LogP contribution in [0.4, 0.5) is 5.82 Å². The van der Waals surface area contributed by atoms with Gasteiger partial charge in [0.2, 0.25) is 0 Å². The number of anilines is 1. The number of guanidine groups is 1. The van der Waals surface area contributed by atoms with Gasteiger partial charge in [-0.05, 0) is 33.3 Å². The zero-order chi connectivity index (χ0) is 18.6. The average molecular weight is 349 g/mol. The summed E-state index contributed by atoms with van der Waals surface area (Å²) in [5, 5.41) is 0. The Balaban J connectivity index is 2.14. The van der Waals surface area contributed by atoms with Crippen LogP contribution in [0.5, 0.6) is 0 Å². The first-order valence-electron chi connectivity index (χ1n) is 8.77. The molecule has 2 heterocycles. The molecule has 3 atom stereocenters. The number of hydrogen-bond donors (Lipinski definition) is 2. The molecule has 2 rings (SSSR count). The number of piperazine rings is 1. The summed E-state index contributed by atoms with van der Waals surface area (Å²) in [4.78, 5) is 22.7. The summed E-state index contributed by atoms with van der Waals surface area (Å²) in [5.41, 5.74) is 11.6. The van der Waals surface area contributed by atoms with Crippen LogP contribution < -0.4 is 16.4 Å². The number of hydrogen-bond acceptors (Lipinski definition) is 5. The van der Waals surface area contributed by atoms with Gasteiger partial charge in [-0.1, -0.05) is 6.92 Å². The molecule has 138 valence electrons. The van der Waals surface area contributed by atoms with Crippen LogP contribution in [0.3, 0.4) is 0 Å². The third-order valence-corrected chi connectivity index (χ3v) is 4.33. The minimum atomic E-state index is -0.469. The number of nitrogens with two attached hydrogens (primary N) is 2. The van der Waals surface area contributed by atoms with Crippen LogP contribution in [0.2, 0.25) is 0 Å². The van der Waals surface area contributed by atoms with Gasteiger partial charge >= 0.3 is 11.9 Å². The van der Waals surface area contributed by atoms with Crippen LogP contribution in [0.15, 0.2) is 12.3 Å². The molecule has 4 N–H and O–H groups in total. The zero-order valence-electron chi connectivity index (χ0n) is 15.5. The van der Waals surface area contributed by atoms with E-state index in [1.807, 2.05) is 17.6 Å². The molecule has 8 nitrogen and oxygen atoms in total. The fraction of sp³-hybridized carbons (Fsp3) is 0.647. The van der Waals surface area contributed by atoms with Gasteiger partial charge in [0.25, 0.3) is 0 Å². The molecule has 1 fully saturated rings. The Morgan fingerprint density at radius 3 is 2.60 bits per heavy atom. The lowest BCUT2D eigenvalue weighted by molar-refractivity contribution is -0.598. The van der Waals surface area contributed by atoms with Crippen LogP contribution in [0, 0.1) is 0 Å². The molecule has 1 saturated heterocycles. The smallest absolute Gasteiger partial charge is 0.341 e. The van der Waals surface area contributed by atoms with Crippen LogP contribution >= 0.6 is 0 Å². The maximum atomic E-state index is 11.7. The predicted octanol–water partition coefficient (Wildman–Crippen LogP) is 0.764. The summed E-state index contributed by atoms with van der Waals surface area (Å²) >= 11 is 0. The molecule has 0 spiro atoms.